The summed E-state index contributed by atoms with van der Waals surface area (Å²) in [4.78, 5) is 9.22. The Morgan fingerprint density at radius 2 is 1.50 bits per heavy atom. The molecular weight excluding hydrogens is 132 g/mol. The molecule has 0 spiro atoms. The summed E-state index contributed by atoms with van der Waals surface area (Å²) in [5, 5.41) is 0. The fourth-order valence-electron chi connectivity index (χ4n) is 0. The van der Waals surface area contributed by atoms with E-state index in [1.165, 1.54) is 6.92 Å². The molecule has 2 nitrogen and oxygen atoms in total. The summed E-state index contributed by atoms with van der Waals surface area (Å²) in [5.41, 5.74) is 4.47. The zero-order valence-electron chi connectivity index (χ0n) is 2.49. The number of carbonyl (C=O) groups excluding carboxylic acids is 1. The predicted octanol–water partition coefficient (Wildman–Crippen LogP) is -1.81. The van der Waals surface area contributed by atoms with Crippen molar-refractivity contribution in [2.75, 3.05) is 0 Å². The van der Waals surface area contributed by atoms with Crippen molar-refractivity contribution >= 4 is 109 Å². The van der Waals surface area contributed by atoms with Crippen LogP contribution in [0.2, 0.25) is 0 Å². The predicted molar refractivity (Wildman–Crippen MR) is 29.2 cm³/mol. The van der Waals surface area contributed by atoms with Crippen LogP contribution < -0.4 is 5.73 Å². The normalized spacial score (nSPS) is 4.17. The minimum atomic E-state index is -0.333. The Morgan fingerprint density at radius 1 is 1.50 bits per heavy atom. The van der Waals surface area contributed by atoms with E-state index in [1.807, 2.05) is 0 Å². The first-order chi connectivity index (χ1) is 1.73. The molecule has 0 aromatic carbocycles. The van der Waals surface area contributed by atoms with Gasteiger partial charge in [0, 0.05) is 6.92 Å². The van der Waals surface area contributed by atoms with Gasteiger partial charge in [-0.2, -0.15) is 0 Å². The summed E-state index contributed by atoms with van der Waals surface area (Å²) in [7, 11) is 0. The Morgan fingerprint density at radius 3 is 1.50 bits per heavy atom. The Kier molecular flexibility index (Phi) is 28.3. The molecule has 0 saturated carbocycles. The molecule has 0 radical (unpaired) electrons. The molecule has 28 valence electrons. The van der Waals surface area contributed by atoms with Crippen molar-refractivity contribution in [2.45, 2.75) is 6.92 Å². The molecule has 0 aliphatic rings. The maximum absolute atomic E-state index is 9.22. The number of hydrogen-bond acceptors (Lipinski definition) is 1. The molecule has 0 heterocycles. The molecule has 0 fully saturated rings. The van der Waals surface area contributed by atoms with Crippen molar-refractivity contribution in [3.8, 4) is 0 Å². The second-order valence-corrected chi connectivity index (χ2v) is 0.611. The number of primary amides is 1. The molecule has 0 unspecified atom stereocenters. The Bertz CT molecular complexity index is 34.5. The number of rotatable bonds is 0. The summed E-state index contributed by atoms with van der Waals surface area (Å²) >= 11 is 0. The first-order valence-corrected chi connectivity index (χ1v) is 0.993. The number of hydrogen-bond donors (Lipinski definition) is 1. The summed E-state index contributed by atoms with van der Waals surface area (Å²) in [6, 6.07) is 0. The molecule has 0 rings (SSSR count). The second kappa shape index (κ2) is 10.7. The number of carbonyl (C=O) groups is 1. The first kappa shape index (κ1) is 15.9. The zero-order chi connectivity index (χ0) is 3.58. The van der Waals surface area contributed by atoms with Gasteiger partial charge in [0.05, 0.1) is 0 Å². The average Bonchev–Trinajstić information content (AvgIpc) is 0.811. The maximum atomic E-state index is 9.22. The van der Waals surface area contributed by atoms with Crippen LogP contribution in [0.25, 0.3) is 0 Å². The van der Waals surface area contributed by atoms with Crippen LogP contribution in [0.15, 0.2) is 0 Å². The number of nitrogens with two attached hydrogens (primary N) is 1. The van der Waals surface area contributed by atoms with E-state index in [0.717, 1.165) is 0 Å². The molecule has 0 bridgehead atoms. The van der Waals surface area contributed by atoms with Crippen molar-refractivity contribution in [2.24, 2.45) is 5.73 Å². The van der Waals surface area contributed by atoms with Crippen molar-refractivity contribution < 1.29 is 4.79 Å². The van der Waals surface area contributed by atoms with Crippen LogP contribution in [-0.2, 0) is 4.79 Å². The van der Waals surface area contributed by atoms with E-state index in [4.69, 9.17) is 0 Å². The Balaban J connectivity index is -0.0000000450. The molecule has 4 heteroatoms. The van der Waals surface area contributed by atoms with Crippen molar-refractivity contribution in [3.63, 3.8) is 0 Å². The third-order valence-corrected chi connectivity index (χ3v) is 0. The van der Waals surface area contributed by atoms with Crippen LogP contribution in [0.3, 0.4) is 0 Å². The molecule has 0 aliphatic carbocycles. The number of amides is 1. The van der Waals surface area contributed by atoms with Crippen LogP contribution in [0.1, 0.15) is 6.92 Å². The van der Waals surface area contributed by atoms with Crippen LogP contribution >= 0.6 is 0 Å². The van der Waals surface area contributed by atoms with Gasteiger partial charge in [-0.15, -0.1) is 0 Å². The van der Waals surface area contributed by atoms with Crippen molar-refractivity contribution in [1.82, 2.24) is 0 Å². The van der Waals surface area contributed by atoms with Gasteiger partial charge in [-0.3, -0.25) is 4.79 Å². The zero-order valence-corrected chi connectivity index (χ0v) is 2.49. The summed E-state index contributed by atoms with van der Waals surface area (Å²) in [5.74, 6) is -0.333. The van der Waals surface area contributed by atoms with E-state index < -0.39 is 0 Å². The average molecular weight is 139 g/mol. The van der Waals surface area contributed by atoms with Crippen LogP contribution in [-0.4, -0.2) is 109 Å². The second-order valence-electron chi connectivity index (χ2n) is 0.611. The van der Waals surface area contributed by atoms with E-state index in [2.05, 4.69) is 5.73 Å². The fraction of sp³-hybridized carbons (Fsp3) is 0.500. The summed E-state index contributed by atoms with van der Waals surface area (Å²) in [6.45, 7) is 1.31. The van der Waals surface area contributed by atoms with Gasteiger partial charge in [0.25, 0.3) is 0 Å². The molecule has 0 saturated heterocycles. The quantitative estimate of drug-likeness (QED) is 0.395. The third-order valence-electron chi connectivity index (χ3n) is 0. The van der Waals surface area contributed by atoms with Crippen LogP contribution in [0.5, 0.6) is 0 Å². The SMILES string of the molecule is CC(N)=O.[KH].[KH]. The summed E-state index contributed by atoms with van der Waals surface area (Å²) in [6.07, 6.45) is 0. The molecule has 1 amide bonds. The molecule has 2 N–H and O–H groups in total. The van der Waals surface area contributed by atoms with E-state index >= 15 is 0 Å². The first-order valence-electron chi connectivity index (χ1n) is 0.993. The van der Waals surface area contributed by atoms with E-state index in [9.17, 15) is 4.79 Å². The van der Waals surface area contributed by atoms with Gasteiger partial charge in [-0.05, 0) is 0 Å². The molecule has 0 aliphatic heterocycles. The van der Waals surface area contributed by atoms with Crippen molar-refractivity contribution in [1.29, 1.82) is 0 Å². The van der Waals surface area contributed by atoms with Gasteiger partial charge in [-0.1, -0.05) is 0 Å². The van der Waals surface area contributed by atoms with Gasteiger partial charge in [0.15, 0.2) is 0 Å². The monoisotopic (exact) mass is 139 g/mol. The van der Waals surface area contributed by atoms with E-state index in [1.54, 1.807) is 0 Å². The van der Waals surface area contributed by atoms with Gasteiger partial charge in [0.1, 0.15) is 0 Å². The van der Waals surface area contributed by atoms with Gasteiger partial charge < -0.3 is 5.73 Å². The van der Waals surface area contributed by atoms with Crippen LogP contribution in [0, 0.1) is 0 Å². The van der Waals surface area contributed by atoms with Crippen molar-refractivity contribution in [3.05, 3.63) is 0 Å². The Hall–Kier alpha value is 2.74. The standard InChI is InChI=1S/C2H5NO.2K.2H/c1-2(3)4;;;;/h1H3,(H2,3,4);;;;. The molecule has 0 aromatic heterocycles. The topological polar surface area (TPSA) is 43.1 Å². The van der Waals surface area contributed by atoms with Gasteiger partial charge >= 0.3 is 103 Å². The third kappa shape index (κ3) is 29.6. The van der Waals surface area contributed by atoms with Gasteiger partial charge in [0.2, 0.25) is 5.91 Å². The van der Waals surface area contributed by atoms with Gasteiger partial charge in [-0.25, -0.2) is 0 Å². The summed E-state index contributed by atoms with van der Waals surface area (Å²) < 4.78 is 0. The molecular formula is C2H7K2NO. The fourth-order valence-corrected chi connectivity index (χ4v) is 0. The van der Waals surface area contributed by atoms with E-state index in [0.29, 0.717) is 0 Å². The minimum absolute atomic E-state index is 0. The Labute approximate surface area is 122 Å². The molecule has 0 atom stereocenters. The van der Waals surface area contributed by atoms with E-state index in [-0.39, 0.29) is 109 Å². The molecule has 6 heavy (non-hydrogen) atoms. The van der Waals surface area contributed by atoms with Crippen LogP contribution in [0.4, 0.5) is 0 Å². The molecule has 0 aromatic rings.